The van der Waals surface area contributed by atoms with Gasteiger partial charge in [0.05, 0.1) is 0 Å². The molecule has 222 valence electrons. The standard InChI is InChI=1S/2C10H15.C8H8.2C4H8O.2Sm/c2*1-6-7(2)9(4)10(5)8(6)3;1-2-4-6-8-7-5-3-1;2*1-2-4-5-3-1;;/h2*1-5H3;1-8H;2*1-4H2;;. The van der Waals surface area contributed by atoms with Crippen molar-refractivity contribution >= 4 is 0 Å². The van der Waals surface area contributed by atoms with Crippen molar-refractivity contribution in [2.45, 2.75) is 94.9 Å². The number of ether oxygens (including phenoxy) is 2. The van der Waals surface area contributed by atoms with E-state index in [4.69, 9.17) is 9.47 Å². The summed E-state index contributed by atoms with van der Waals surface area (Å²) in [5.41, 5.74) is 0. The number of hydrogen-bond acceptors (Lipinski definition) is 2. The Kier molecular flexibility index (Phi) is 29.9. The van der Waals surface area contributed by atoms with Crippen LogP contribution in [0.4, 0.5) is 0 Å². The maximum Gasteiger partial charge on any atom is 0.0466 e. The predicted octanol–water partition coefficient (Wildman–Crippen LogP) is 9.17. The Balaban J connectivity index is 0. The summed E-state index contributed by atoms with van der Waals surface area (Å²) in [5, 5.41) is 0. The van der Waals surface area contributed by atoms with Crippen LogP contribution in [0.3, 0.4) is 0 Å². The summed E-state index contributed by atoms with van der Waals surface area (Å²) in [6.45, 7) is 26.0. The van der Waals surface area contributed by atoms with Crippen molar-refractivity contribution in [3.05, 3.63) is 111 Å². The molecule has 0 atom stereocenters. The predicted molar refractivity (Wildman–Crippen MR) is 164 cm³/mol. The van der Waals surface area contributed by atoms with Crippen molar-refractivity contribution in [1.29, 1.82) is 0 Å². The van der Waals surface area contributed by atoms with E-state index in [-0.39, 0.29) is 80.8 Å². The van der Waals surface area contributed by atoms with E-state index < -0.39 is 0 Å². The molecule has 5 fully saturated rings. The molecule has 40 heavy (non-hydrogen) atoms. The molecule has 2 aliphatic heterocycles. The van der Waals surface area contributed by atoms with Gasteiger partial charge in [-0.25, -0.2) is 0 Å². The van der Waals surface area contributed by atoms with Gasteiger partial charge < -0.3 is 9.47 Å². The molecule has 0 aromatic heterocycles. The molecule has 0 amide bonds. The summed E-state index contributed by atoms with van der Waals surface area (Å²) in [6.07, 6.45) is 21.1. The Morgan fingerprint density at radius 1 is 0.300 bits per heavy atom. The van der Waals surface area contributed by atoms with E-state index in [1.54, 1.807) is 0 Å². The monoisotopic (exact) mass is 822 g/mol. The third kappa shape index (κ3) is 17.3. The Bertz CT molecular complexity index is 382. The minimum Gasteiger partial charge on any atom is -0.381 e. The smallest absolute Gasteiger partial charge is 0.0466 e. The zero-order chi connectivity index (χ0) is 28.5. The molecule has 0 aromatic carbocycles. The Labute approximate surface area is 318 Å². The van der Waals surface area contributed by atoms with Crippen molar-refractivity contribution in [1.82, 2.24) is 0 Å². The van der Waals surface area contributed by atoms with E-state index >= 15 is 0 Å². The maximum absolute atomic E-state index is 4.94. The third-order valence-electron chi connectivity index (χ3n) is 8.17. The fourth-order valence-electron chi connectivity index (χ4n) is 4.35. The van der Waals surface area contributed by atoms with Gasteiger partial charge in [-0.15, -0.1) is 0 Å². The van der Waals surface area contributed by atoms with Crippen molar-refractivity contribution in [3.8, 4) is 0 Å². The van der Waals surface area contributed by atoms with Crippen molar-refractivity contribution < 1.29 is 90.3 Å². The van der Waals surface area contributed by atoms with Crippen LogP contribution in [-0.2, 0) is 9.47 Å². The van der Waals surface area contributed by atoms with Crippen molar-refractivity contribution in [2.24, 2.45) is 0 Å². The molecule has 18 radical (unpaired) electrons. The Morgan fingerprint density at radius 3 is 0.500 bits per heavy atom. The fraction of sp³-hybridized carbons (Fsp3) is 0.500. The molecule has 3 aliphatic carbocycles. The molecule has 2 heterocycles. The molecule has 0 unspecified atom stereocenters. The van der Waals surface area contributed by atoms with E-state index in [1.807, 2.05) is 51.4 Å². The van der Waals surface area contributed by atoms with Gasteiger partial charge in [-0.05, 0) is 136 Å². The quantitative estimate of drug-likeness (QED) is 0.243. The van der Waals surface area contributed by atoms with Crippen LogP contribution in [-0.4, -0.2) is 26.4 Å². The zero-order valence-corrected chi connectivity index (χ0v) is 32.1. The van der Waals surface area contributed by atoms with E-state index in [1.165, 1.54) is 84.9 Å². The summed E-state index contributed by atoms with van der Waals surface area (Å²) in [7, 11) is 0. The van der Waals surface area contributed by atoms with Crippen LogP contribution in [0.2, 0.25) is 0 Å². The summed E-state index contributed by atoms with van der Waals surface area (Å²) in [6, 6.07) is 0. The van der Waals surface area contributed by atoms with E-state index in [2.05, 4.69) is 69.2 Å². The molecule has 2 saturated heterocycles. The molecule has 0 N–H and O–H groups in total. The molecule has 2 nitrogen and oxygen atoms in total. The van der Waals surface area contributed by atoms with Gasteiger partial charge in [-0.2, -0.15) is 0 Å². The third-order valence-corrected chi connectivity index (χ3v) is 8.17. The van der Waals surface area contributed by atoms with Gasteiger partial charge in [0.15, 0.2) is 0 Å². The first-order chi connectivity index (χ1) is 18.1. The molecule has 5 aliphatic rings. The second-order valence-corrected chi connectivity index (χ2v) is 10.4. The van der Waals surface area contributed by atoms with E-state index in [0.717, 1.165) is 26.4 Å². The molecule has 4 heteroatoms. The zero-order valence-electron chi connectivity index (χ0n) is 26.9. The second-order valence-electron chi connectivity index (χ2n) is 10.4. The van der Waals surface area contributed by atoms with Gasteiger partial charge in [0.25, 0.3) is 0 Å². The van der Waals surface area contributed by atoms with Crippen LogP contribution < -0.4 is 0 Å². The summed E-state index contributed by atoms with van der Waals surface area (Å²) in [5.74, 6) is 14.7. The first-order valence-electron chi connectivity index (χ1n) is 14.3. The topological polar surface area (TPSA) is 18.5 Å². The van der Waals surface area contributed by atoms with E-state index in [9.17, 15) is 0 Å². The van der Waals surface area contributed by atoms with Crippen molar-refractivity contribution in [2.75, 3.05) is 26.4 Å². The average molecular weight is 820 g/mol. The maximum atomic E-state index is 4.94. The van der Waals surface area contributed by atoms with Crippen LogP contribution in [0, 0.1) is 191 Å². The number of hydrogen-bond donors (Lipinski definition) is 0. The summed E-state index contributed by atoms with van der Waals surface area (Å²) >= 11 is 0. The average Bonchev–Trinajstić information content (AvgIpc) is 3.72. The van der Waals surface area contributed by atoms with E-state index in [0.29, 0.717) is 0 Å². The molecular weight excluding hydrogens is 765 g/mol. The minimum absolute atomic E-state index is 0. The van der Waals surface area contributed by atoms with Crippen LogP contribution in [0.1, 0.15) is 94.9 Å². The van der Waals surface area contributed by atoms with Gasteiger partial charge in [-0.1, -0.05) is 69.2 Å². The molecule has 0 bridgehead atoms. The summed E-state index contributed by atoms with van der Waals surface area (Å²) in [4.78, 5) is 0. The van der Waals surface area contributed by atoms with Gasteiger partial charge >= 0.3 is 0 Å². The van der Waals surface area contributed by atoms with Gasteiger partial charge in [0.2, 0.25) is 0 Å². The Hall–Kier alpha value is 2.60. The van der Waals surface area contributed by atoms with Gasteiger partial charge in [0.1, 0.15) is 0 Å². The van der Waals surface area contributed by atoms with Gasteiger partial charge in [0, 0.05) is 107 Å². The van der Waals surface area contributed by atoms with Crippen LogP contribution in [0.15, 0.2) is 0 Å². The molecule has 0 spiro atoms. The van der Waals surface area contributed by atoms with Crippen LogP contribution in [0.5, 0.6) is 0 Å². The molecule has 3 saturated carbocycles. The minimum atomic E-state index is 0. The molecular formula is C36H54O2Sm2. The fourth-order valence-corrected chi connectivity index (χ4v) is 4.35. The second kappa shape index (κ2) is 26.8. The Morgan fingerprint density at radius 2 is 0.425 bits per heavy atom. The SMILES string of the molecule is C1CCOC1.C1CCOC1.C[C]1[C](C)[C](C)[C](C)[C]1C.C[C]1[C](C)[C](C)[C](C)[C]1C.[CH]1[CH][CH][CH][CH][CH][CH][CH]1.[Sm].[Sm]. The van der Waals surface area contributed by atoms with Crippen molar-refractivity contribution in [3.63, 3.8) is 0 Å². The first-order valence-corrected chi connectivity index (χ1v) is 14.3. The largest absolute Gasteiger partial charge is 0.381 e. The van der Waals surface area contributed by atoms with Gasteiger partial charge in [-0.3, -0.25) is 0 Å². The molecule has 5 rings (SSSR count). The first kappa shape index (κ1) is 44.7. The van der Waals surface area contributed by atoms with Crippen LogP contribution >= 0.6 is 0 Å². The number of rotatable bonds is 0. The molecule has 0 aromatic rings. The normalized spacial score (nSPS) is 25.1. The summed E-state index contributed by atoms with van der Waals surface area (Å²) < 4.78 is 9.89. The van der Waals surface area contributed by atoms with Crippen LogP contribution in [0.25, 0.3) is 0 Å².